The Morgan fingerprint density at radius 3 is 2.57 bits per heavy atom. The van der Waals surface area contributed by atoms with E-state index < -0.39 is 10.8 Å². The van der Waals surface area contributed by atoms with Crippen molar-refractivity contribution in [2.75, 3.05) is 5.32 Å². The molecule has 2 aromatic heterocycles. The number of furan rings is 1. The van der Waals surface area contributed by atoms with Crippen molar-refractivity contribution < 1.29 is 18.6 Å². The second-order valence-corrected chi connectivity index (χ2v) is 8.67. The largest absolute Gasteiger partial charge is 0.451 e. The second-order valence-electron chi connectivity index (χ2n) is 8.27. The fourth-order valence-corrected chi connectivity index (χ4v) is 4.40. The molecule has 0 saturated heterocycles. The first-order chi connectivity index (χ1) is 18.0. The molecule has 0 radical (unpaired) electrons. The van der Waals surface area contributed by atoms with E-state index in [1.807, 2.05) is 36.4 Å². The van der Waals surface area contributed by atoms with E-state index in [4.69, 9.17) is 20.4 Å². The van der Waals surface area contributed by atoms with Crippen LogP contribution in [0.1, 0.15) is 10.6 Å². The SMILES string of the molecule is O=C(Nc1ccc2oc(-c3cccc4c(Cl)cccc34)nc2c1)c1ccc(-c2cccc([N+](=O)[O-])c2)o1. The van der Waals surface area contributed by atoms with Crippen molar-refractivity contribution in [3.05, 3.63) is 112 Å². The molecule has 180 valence electrons. The van der Waals surface area contributed by atoms with Crippen molar-refractivity contribution in [1.82, 2.24) is 4.98 Å². The highest BCUT2D eigenvalue weighted by molar-refractivity contribution is 6.35. The van der Waals surface area contributed by atoms with Gasteiger partial charge >= 0.3 is 0 Å². The zero-order chi connectivity index (χ0) is 25.5. The molecule has 8 nitrogen and oxygen atoms in total. The molecule has 37 heavy (non-hydrogen) atoms. The van der Waals surface area contributed by atoms with Crippen LogP contribution in [0.4, 0.5) is 11.4 Å². The summed E-state index contributed by atoms with van der Waals surface area (Å²) in [4.78, 5) is 28.0. The van der Waals surface area contributed by atoms with Crippen LogP contribution < -0.4 is 5.32 Å². The normalized spacial score (nSPS) is 11.2. The summed E-state index contributed by atoms with van der Waals surface area (Å²) >= 11 is 6.34. The molecular formula is C28H16ClN3O5. The highest BCUT2D eigenvalue weighted by Crippen LogP contribution is 2.34. The van der Waals surface area contributed by atoms with Crippen molar-refractivity contribution in [3.63, 3.8) is 0 Å². The molecule has 0 aliphatic rings. The van der Waals surface area contributed by atoms with E-state index >= 15 is 0 Å². The van der Waals surface area contributed by atoms with E-state index in [2.05, 4.69) is 10.3 Å². The number of nitro benzene ring substituents is 1. The van der Waals surface area contributed by atoms with Crippen LogP contribution in [0.3, 0.4) is 0 Å². The van der Waals surface area contributed by atoms with Crippen LogP contribution in [-0.4, -0.2) is 15.8 Å². The predicted molar refractivity (Wildman–Crippen MR) is 141 cm³/mol. The van der Waals surface area contributed by atoms with Gasteiger partial charge in [0.2, 0.25) is 5.89 Å². The number of rotatable bonds is 5. The number of oxazole rings is 1. The molecule has 0 aliphatic heterocycles. The van der Waals surface area contributed by atoms with Crippen molar-refractivity contribution >= 4 is 50.8 Å². The van der Waals surface area contributed by atoms with Crippen molar-refractivity contribution in [3.8, 4) is 22.8 Å². The quantitative estimate of drug-likeness (QED) is 0.188. The Kier molecular flexibility index (Phi) is 5.43. The smallest absolute Gasteiger partial charge is 0.291 e. The van der Waals surface area contributed by atoms with E-state index in [9.17, 15) is 14.9 Å². The number of amides is 1. The summed E-state index contributed by atoms with van der Waals surface area (Å²) < 4.78 is 11.7. The molecule has 1 N–H and O–H groups in total. The van der Waals surface area contributed by atoms with Crippen LogP contribution in [0.15, 0.2) is 99.8 Å². The van der Waals surface area contributed by atoms with Gasteiger partial charge in [0.05, 0.1) is 4.92 Å². The van der Waals surface area contributed by atoms with E-state index in [-0.39, 0.29) is 11.4 Å². The number of hydrogen-bond donors (Lipinski definition) is 1. The van der Waals surface area contributed by atoms with Crippen LogP contribution in [0.2, 0.25) is 5.02 Å². The third kappa shape index (κ3) is 4.19. The predicted octanol–water partition coefficient (Wildman–Crippen LogP) is 7.72. The maximum atomic E-state index is 12.8. The molecule has 0 atom stereocenters. The van der Waals surface area contributed by atoms with Gasteiger partial charge in [-0.15, -0.1) is 0 Å². The fraction of sp³-hybridized carbons (Fsp3) is 0. The number of non-ortho nitro benzene ring substituents is 1. The van der Waals surface area contributed by atoms with Crippen molar-refractivity contribution in [2.24, 2.45) is 0 Å². The van der Waals surface area contributed by atoms with E-state index in [0.717, 1.165) is 16.3 Å². The Morgan fingerprint density at radius 2 is 1.70 bits per heavy atom. The third-order valence-electron chi connectivity index (χ3n) is 5.92. The summed E-state index contributed by atoms with van der Waals surface area (Å²) in [5.74, 6) is 0.387. The van der Waals surface area contributed by atoms with Gasteiger partial charge in [0.15, 0.2) is 11.3 Å². The molecule has 2 heterocycles. The lowest BCUT2D eigenvalue weighted by Crippen LogP contribution is -2.10. The summed E-state index contributed by atoms with van der Waals surface area (Å²) in [6.45, 7) is 0. The molecule has 6 rings (SSSR count). The summed E-state index contributed by atoms with van der Waals surface area (Å²) in [5.41, 5.74) is 2.89. The summed E-state index contributed by atoms with van der Waals surface area (Å²) in [6, 6.07) is 25.7. The van der Waals surface area contributed by atoms with Gasteiger partial charge in [-0.2, -0.15) is 0 Å². The molecule has 0 fully saturated rings. The Bertz CT molecular complexity index is 1840. The summed E-state index contributed by atoms with van der Waals surface area (Å²) in [5, 5.41) is 16.3. The molecule has 0 spiro atoms. The van der Waals surface area contributed by atoms with Crippen LogP contribution >= 0.6 is 11.6 Å². The Hall–Kier alpha value is -4.95. The number of fused-ring (bicyclic) bond motifs is 2. The van der Waals surface area contributed by atoms with Gasteiger partial charge in [0, 0.05) is 39.4 Å². The highest BCUT2D eigenvalue weighted by atomic mass is 35.5. The van der Waals surface area contributed by atoms with Crippen LogP contribution in [0.5, 0.6) is 0 Å². The lowest BCUT2D eigenvalue weighted by Gasteiger charge is -2.04. The fourth-order valence-electron chi connectivity index (χ4n) is 4.16. The average Bonchev–Trinajstić information content (AvgIpc) is 3.56. The molecule has 1 amide bonds. The average molecular weight is 510 g/mol. The molecule has 0 aliphatic carbocycles. The monoisotopic (exact) mass is 509 g/mol. The number of anilines is 1. The third-order valence-corrected chi connectivity index (χ3v) is 6.25. The Morgan fingerprint density at radius 1 is 0.892 bits per heavy atom. The molecule has 0 bridgehead atoms. The summed E-state index contributed by atoms with van der Waals surface area (Å²) in [7, 11) is 0. The van der Waals surface area contributed by atoms with Crippen LogP contribution in [0.25, 0.3) is 44.7 Å². The number of carbonyl (C=O) groups excluding carboxylic acids is 1. The lowest BCUT2D eigenvalue weighted by molar-refractivity contribution is -0.384. The molecule has 6 aromatic rings. The van der Waals surface area contributed by atoms with Crippen molar-refractivity contribution in [1.29, 1.82) is 0 Å². The number of benzene rings is 4. The number of halogens is 1. The second kappa shape index (κ2) is 8.92. The zero-order valence-electron chi connectivity index (χ0n) is 19.0. The first kappa shape index (κ1) is 22.5. The van der Waals surface area contributed by atoms with Gasteiger partial charge in [-0.1, -0.05) is 48.0 Å². The highest BCUT2D eigenvalue weighted by Gasteiger charge is 2.16. The van der Waals surface area contributed by atoms with Crippen molar-refractivity contribution in [2.45, 2.75) is 0 Å². The summed E-state index contributed by atoms with van der Waals surface area (Å²) in [6.07, 6.45) is 0. The number of nitrogens with one attached hydrogen (secondary N) is 1. The van der Waals surface area contributed by atoms with Crippen LogP contribution in [0, 0.1) is 10.1 Å². The first-order valence-corrected chi connectivity index (χ1v) is 11.6. The minimum absolute atomic E-state index is 0.0632. The maximum Gasteiger partial charge on any atom is 0.291 e. The lowest BCUT2D eigenvalue weighted by atomic mass is 10.0. The number of nitrogens with zero attached hydrogens (tertiary/aromatic N) is 2. The van der Waals surface area contributed by atoms with Gasteiger partial charge in [0.1, 0.15) is 11.3 Å². The molecule has 4 aromatic carbocycles. The Balaban J connectivity index is 1.26. The Labute approximate surface area is 214 Å². The number of carbonyl (C=O) groups is 1. The van der Waals surface area contributed by atoms with E-state index in [1.54, 1.807) is 36.4 Å². The minimum atomic E-state index is -0.485. The van der Waals surface area contributed by atoms with E-state index in [1.165, 1.54) is 18.2 Å². The topological polar surface area (TPSA) is 111 Å². The van der Waals surface area contributed by atoms with Gasteiger partial charge < -0.3 is 14.2 Å². The van der Waals surface area contributed by atoms with Gasteiger partial charge in [0.25, 0.3) is 11.6 Å². The zero-order valence-corrected chi connectivity index (χ0v) is 19.7. The number of hydrogen-bond acceptors (Lipinski definition) is 6. The molecule has 0 saturated carbocycles. The molecular weight excluding hydrogens is 494 g/mol. The first-order valence-electron chi connectivity index (χ1n) is 11.2. The molecule has 0 unspecified atom stereocenters. The van der Waals surface area contributed by atoms with Gasteiger partial charge in [-0.25, -0.2) is 4.98 Å². The number of nitro groups is 1. The van der Waals surface area contributed by atoms with E-state index in [0.29, 0.717) is 39.0 Å². The van der Waals surface area contributed by atoms with Crippen LogP contribution in [-0.2, 0) is 0 Å². The minimum Gasteiger partial charge on any atom is -0.451 e. The standard InChI is InChI=1S/C28H16ClN3O5/c29-22-9-3-6-19-20(22)7-2-8-21(19)28-31-23-15-17(10-11-25(23)37-28)30-27(33)26-13-12-24(36-26)16-4-1-5-18(14-16)32(34)35/h1-15H,(H,30,33). The van der Waals surface area contributed by atoms with Gasteiger partial charge in [-0.05, 0) is 47.9 Å². The maximum absolute atomic E-state index is 12.8. The molecule has 9 heteroatoms. The van der Waals surface area contributed by atoms with Gasteiger partial charge in [-0.3, -0.25) is 14.9 Å². The number of aromatic nitrogens is 1.